The summed E-state index contributed by atoms with van der Waals surface area (Å²) in [5, 5.41) is 0. The van der Waals surface area contributed by atoms with Gasteiger partial charge in [0.1, 0.15) is 0 Å². The summed E-state index contributed by atoms with van der Waals surface area (Å²) < 4.78 is 64.2. The van der Waals surface area contributed by atoms with Gasteiger partial charge in [-0.05, 0) is 65.2 Å². The Labute approximate surface area is 294 Å². The first-order valence-corrected chi connectivity index (χ1v) is 37.3. The van der Waals surface area contributed by atoms with Gasteiger partial charge < -0.3 is 40.1 Å². The maximum Gasteiger partial charge on any atom is 0.314 e. The highest BCUT2D eigenvalue weighted by atomic mass is 28.3. The summed E-state index contributed by atoms with van der Waals surface area (Å²) in [6.07, 6.45) is 9.42. The van der Waals surface area contributed by atoms with Gasteiger partial charge in [0, 0.05) is 6.42 Å². The molecule has 0 aromatic rings. The van der Waals surface area contributed by atoms with E-state index in [1.54, 1.807) is 0 Å². The standard InChI is InChI=1S/C28H74O9Si8/c1-15-17-19-20-21-22-24-29-25(23-18-16-2,34-42(7)8)26(35-43(9)10,36-44(11)12)27(30-38-3,37-45(13)14)28(31-39-4,32-40-5)33-41-6/h42-45H,15-24,38-41H2,1-14H3. The third-order valence-corrected chi connectivity index (χ3v) is 13.0. The highest BCUT2D eigenvalue weighted by Gasteiger charge is 2.79. The van der Waals surface area contributed by atoms with Crippen LogP contribution in [0.3, 0.4) is 0 Å². The van der Waals surface area contributed by atoms with Gasteiger partial charge in [0.15, 0.2) is 75.2 Å². The Morgan fingerprint density at radius 3 is 1.27 bits per heavy atom. The summed E-state index contributed by atoms with van der Waals surface area (Å²) in [6, 6.07) is 0. The lowest BCUT2D eigenvalue weighted by atomic mass is 9.90. The number of unbranched alkanes of at least 4 members (excludes halogenated alkanes) is 6. The molecule has 9 nitrogen and oxygen atoms in total. The van der Waals surface area contributed by atoms with E-state index in [2.05, 4.69) is 92.4 Å². The van der Waals surface area contributed by atoms with Crippen molar-refractivity contribution in [3.8, 4) is 0 Å². The molecule has 0 radical (unpaired) electrons. The molecule has 0 amide bonds. The predicted octanol–water partition coefficient (Wildman–Crippen LogP) is 3.89. The molecule has 0 heterocycles. The number of hydrogen-bond donors (Lipinski definition) is 0. The second-order valence-corrected chi connectivity index (χ2v) is 25.5. The molecule has 0 saturated carbocycles. The molecule has 0 rings (SSSR count). The van der Waals surface area contributed by atoms with Crippen molar-refractivity contribution in [3.63, 3.8) is 0 Å². The average Bonchev–Trinajstić information content (AvgIpc) is 2.93. The van der Waals surface area contributed by atoms with E-state index in [-0.39, 0.29) is 0 Å². The van der Waals surface area contributed by atoms with Gasteiger partial charge in [-0.1, -0.05) is 78.6 Å². The third-order valence-electron chi connectivity index (χ3n) is 7.01. The van der Waals surface area contributed by atoms with Gasteiger partial charge >= 0.3 is 5.97 Å². The Morgan fingerprint density at radius 1 is 0.467 bits per heavy atom. The van der Waals surface area contributed by atoms with Crippen LogP contribution in [0.5, 0.6) is 0 Å². The fraction of sp³-hybridized carbons (Fsp3) is 1.00. The largest absolute Gasteiger partial charge is 0.390 e. The number of hydrogen-bond acceptors (Lipinski definition) is 9. The first-order chi connectivity index (χ1) is 21.3. The lowest BCUT2D eigenvalue weighted by molar-refractivity contribution is -0.503. The second kappa shape index (κ2) is 24.5. The SMILES string of the molecule is CCCCCCCCOC(CCCC)(O[SiH](C)C)C(O[SiH](C)C)(O[SiH](C)C)C(O[SiH2]C)(O[SiH](C)C)C(O[SiH2]C)(O[SiH2]C)O[SiH2]C. The Morgan fingerprint density at radius 2 is 0.867 bits per heavy atom. The molecule has 0 bridgehead atoms. The topological polar surface area (TPSA) is 83.1 Å². The lowest BCUT2D eigenvalue weighted by Crippen LogP contribution is -2.84. The van der Waals surface area contributed by atoms with Crippen LogP contribution in [0, 0.1) is 0 Å². The van der Waals surface area contributed by atoms with Crippen LogP contribution in [0.1, 0.15) is 71.6 Å². The van der Waals surface area contributed by atoms with Crippen molar-refractivity contribution >= 4 is 75.2 Å². The minimum atomic E-state index is -1.90. The van der Waals surface area contributed by atoms with Crippen molar-refractivity contribution < 1.29 is 40.1 Å². The second-order valence-electron chi connectivity index (χ2n) is 12.7. The molecule has 2 atom stereocenters. The van der Waals surface area contributed by atoms with Gasteiger partial charge in [-0.2, -0.15) is 0 Å². The quantitative estimate of drug-likeness (QED) is 0.0614. The maximum absolute atomic E-state index is 7.41. The average molecular weight is 780 g/mol. The van der Waals surface area contributed by atoms with Crippen molar-refractivity contribution in [2.75, 3.05) is 6.61 Å². The van der Waals surface area contributed by atoms with E-state index in [9.17, 15) is 0 Å². The first kappa shape index (κ1) is 46.4. The summed E-state index contributed by atoms with van der Waals surface area (Å²) in [5.41, 5.74) is 0. The molecule has 0 fully saturated rings. The van der Waals surface area contributed by atoms with Gasteiger partial charge in [-0.25, -0.2) is 0 Å². The fourth-order valence-corrected chi connectivity index (χ4v) is 13.8. The zero-order chi connectivity index (χ0) is 34.6. The highest BCUT2D eigenvalue weighted by Crippen LogP contribution is 2.54. The van der Waals surface area contributed by atoms with Crippen LogP contribution in [-0.2, 0) is 40.1 Å². The van der Waals surface area contributed by atoms with Gasteiger partial charge in [-0.3, -0.25) is 0 Å². The molecule has 0 aromatic heterocycles. The molecular weight excluding hydrogens is 705 g/mol. The number of ether oxygens (including phenoxy) is 1. The lowest BCUT2D eigenvalue weighted by Gasteiger charge is -2.63. The van der Waals surface area contributed by atoms with E-state index in [0.29, 0.717) is 13.0 Å². The molecule has 0 N–H and O–H groups in total. The zero-order valence-corrected chi connectivity index (χ0v) is 42.2. The molecule has 0 aliphatic rings. The molecule has 0 saturated heterocycles. The highest BCUT2D eigenvalue weighted by molar-refractivity contribution is 6.50. The Bertz CT molecular complexity index is 715. The summed E-state index contributed by atoms with van der Waals surface area (Å²) >= 11 is 0. The Balaban J connectivity index is 8.17. The normalized spacial score (nSPS) is 18.0. The zero-order valence-electron chi connectivity index (χ0n) is 31.9. The molecule has 0 spiro atoms. The van der Waals surface area contributed by atoms with Gasteiger partial charge in [0.25, 0.3) is 11.6 Å². The van der Waals surface area contributed by atoms with Crippen LogP contribution in [0.25, 0.3) is 0 Å². The smallest absolute Gasteiger partial charge is 0.314 e. The summed E-state index contributed by atoms with van der Waals surface area (Å²) in [5.74, 6) is -6.17. The van der Waals surface area contributed by atoms with E-state index in [4.69, 9.17) is 40.1 Å². The van der Waals surface area contributed by atoms with Crippen LogP contribution in [0.4, 0.5) is 0 Å². The molecule has 17 heteroatoms. The van der Waals surface area contributed by atoms with Crippen molar-refractivity contribution in [1.29, 1.82) is 0 Å². The van der Waals surface area contributed by atoms with Crippen LogP contribution in [0.2, 0.25) is 78.6 Å². The minimum absolute atomic E-state index is 0.534. The molecule has 45 heavy (non-hydrogen) atoms. The summed E-state index contributed by atoms with van der Waals surface area (Å²) in [7, 11) is -11.9. The fourth-order valence-electron chi connectivity index (χ4n) is 5.77. The van der Waals surface area contributed by atoms with Gasteiger partial charge in [-0.15, -0.1) is 0 Å². The van der Waals surface area contributed by atoms with Crippen LogP contribution >= 0.6 is 0 Å². The van der Waals surface area contributed by atoms with Crippen molar-refractivity contribution in [1.82, 2.24) is 0 Å². The minimum Gasteiger partial charge on any atom is -0.390 e. The van der Waals surface area contributed by atoms with Crippen molar-refractivity contribution in [2.45, 2.75) is 174 Å². The van der Waals surface area contributed by atoms with E-state index in [0.717, 1.165) is 25.7 Å². The van der Waals surface area contributed by atoms with E-state index in [1.165, 1.54) is 25.7 Å². The number of rotatable bonds is 30. The molecule has 272 valence electrons. The van der Waals surface area contributed by atoms with E-state index < -0.39 is 98.5 Å². The van der Waals surface area contributed by atoms with Crippen molar-refractivity contribution in [3.05, 3.63) is 0 Å². The summed E-state index contributed by atoms with van der Waals surface area (Å²) in [4.78, 5) is 0. The predicted molar refractivity (Wildman–Crippen MR) is 212 cm³/mol. The molecule has 0 aromatic carbocycles. The van der Waals surface area contributed by atoms with Crippen LogP contribution in [0.15, 0.2) is 0 Å². The molecule has 2 unspecified atom stereocenters. The summed E-state index contributed by atoms with van der Waals surface area (Å²) in [6.45, 7) is 30.8. The maximum atomic E-state index is 7.41. The molecular formula is C28H74O9Si8. The monoisotopic (exact) mass is 778 g/mol. The first-order valence-electron chi connectivity index (χ1n) is 18.2. The van der Waals surface area contributed by atoms with Gasteiger partial charge in [0.05, 0.1) is 6.61 Å². The van der Waals surface area contributed by atoms with E-state index >= 15 is 0 Å². The van der Waals surface area contributed by atoms with E-state index in [1.807, 2.05) is 0 Å². The Kier molecular flexibility index (Phi) is 25.3. The van der Waals surface area contributed by atoms with Crippen LogP contribution in [-0.4, -0.2) is 105 Å². The third kappa shape index (κ3) is 13.5. The van der Waals surface area contributed by atoms with Crippen LogP contribution < -0.4 is 0 Å². The molecule has 0 aliphatic heterocycles. The molecule has 0 aliphatic carbocycles. The van der Waals surface area contributed by atoms with Crippen molar-refractivity contribution in [2.24, 2.45) is 0 Å². The van der Waals surface area contributed by atoms with Gasteiger partial charge in [0.2, 0.25) is 5.79 Å². The Hall–Kier alpha value is 1.38.